The van der Waals surface area contributed by atoms with Gasteiger partial charge in [0.1, 0.15) is 5.82 Å². The van der Waals surface area contributed by atoms with Crippen LogP contribution in [0.25, 0.3) is 6.08 Å². The monoisotopic (exact) mass is 366 g/mol. The second-order valence-corrected chi connectivity index (χ2v) is 7.11. The highest BCUT2D eigenvalue weighted by Gasteiger charge is 2.33. The number of anilines is 1. The molecule has 1 amide bonds. The molecule has 0 aromatic heterocycles. The minimum atomic E-state index is -0.422. The second kappa shape index (κ2) is 7.53. The van der Waals surface area contributed by atoms with Crippen molar-refractivity contribution >= 4 is 17.7 Å². The van der Waals surface area contributed by atoms with Gasteiger partial charge in [0.2, 0.25) is 0 Å². The highest BCUT2D eigenvalue weighted by atomic mass is 19.1. The Morgan fingerprint density at radius 3 is 3.04 bits per heavy atom. The molecule has 0 spiro atoms. The summed E-state index contributed by atoms with van der Waals surface area (Å²) in [5, 5.41) is 3.43. The molecule has 0 bridgehead atoms. The van der Waals surface area contributed by atoms with Crippen LogP contribution in [0.1, 0.15) is 33.8 Å². The Labute approximate surface area is 158 Å². The first-order valence-corrected chi connectivity index (χ1v) is 9.30. The zero-order valence-electron chi connectivity index (χ0n) is 15.2. The summed E-state index contributed by atoms with van der Waals surface area (Å²) in [4.78, 5) is 14.9. The number of rotatable bonds is 4. The van der Waals surface area contributed by atoms with Gasteiger partial charge in [-0.1, -0.05) is 30.9 Å². The van der Waals surface area contributed by atoms with Crippen molar-refractivity contribution in [3.63, 3.8) is 0 Å². The third-order valence-corrected chi connectivity index (χ3v) is 5.39. The van der Waals surface area contributed by atoms with E-state index in [0.29, 0.717) is 36.8 Å². The van der Waals surface area contributed by atoms with Gasteiger partial charge in [0.25, 0.3) is 5.91 Å². The highest BCUT2D eigenvalue weighted by molar-refractivity contribution is 5.95. The van der Waals surface area contributed by atoms with Crippen molar-refractivity contribution in [2.24, 2.45) is 0 Å². The molecule has 0 radical (unpaired) electrons. The van der Waals surface area contributed by atoms with E-state index in [1.807, 2.05) is 17.0 Å². The molecule has 1 fully saturated rings. The van der Waals surface area contributed by atoms with Gasteiger partial charge in [-0.15, -0.1) is 0 Å². The molecule has 4 rings (SSSR count). The molecular formula is C22H23FN2O2. The Kier molecular flexibility index (Phi) is 4.94. The second-order valence-electron chi connectivity index (χ2n) is 7.11. The lowest BCUT2D eigenvalue weighted by molar-refractivity contribution is -0.00571. The van der Waals surface area contributed by atoms with Gasteiger partial charge in [-0.3, -0.25) is 4.79 Å². The summed E-state index contributed by atoms with van der Waals surface area (Å²) < 4.78 is 19.5. The number of hydrogen-bond donors (Lipinski definition) is 1. The lowest BCUT2D eigenvalue weighted by Gasteiger charge is -2.37. The van der Waals surface area contributed by atoms with Crippen molar-refractivity contribution in [1.29, 1.82) is 0 Å². The third-order valence-electron chi connectivity index (χ3n) is 5.39. The first kappa shape index (κ1) is 17.7. The Morgan fingerprint density at radius 1 is 1.33 bits per heavy atom. The van der Waals surface area contributed by atoms with Crippen molar-refractivity contribution in [1.82, 2.24) is 4.90 Å². The molecule has 27 heavy (non-hydrogen) atoms. The van der Waals surface area contributed by atoms with Gasteiger partial charge in [-0.2, -0.15) is 0 Å². The average molecular weight is 366 g/mol. The highest BCUT2D eigenvalue weighted by Crippen LogP contribution is 2.35. The molecule has 0 saturated carbocycles. The van der Waals surface area contributed by atoms with Gasteiger partial charge in [0.15, 0.2) is 0 Å². The summed E-state index contributed by atoms with van der Waals surface area (Å²) in [6.45, 7) is 6.06. The zero-order chi connectivity index (χ0) is 18.8. The normalized spacial score (nSPS) is 21.4. The fourth-order valence-electron chi connectivity index (χ4n) is 4.03. The van der Waals surface area contributed by atoms with E-state index in [9.17, 15) is 9.18 Å². The first-order valence-electron chi connectivity index (χ1n) is 9.30. The van der Waals surface area contributed by atoms with Crippen molar-refractivity contribution in [3.05, 3.63) is 71.6 Å². The van der Waals surface area contributed by atoms with Crippen LogP contribution in [0.5, 0.6) is 0 Å². The van der Waals surface area contributed by atoms with E-state index in [2.05, 4.69) is 24.0 Å². The summed E-state index contributed by atoms with van der Waals surface area (Å²) in [6.07, 6.45) is 2.37. The summed E-state index contributed by atoms with van der Waals surface area (Å²) in [7, 11) is 0. The van der Waals surface area contributed by atoms with Crippen molar-refractivity contribution in [2.75, 3.05) is 31.6 Å². The molecular weight excluding hydrogens is 343 g/mol. The van der Waals surface area contributed by atoms with E-state index in [0.717, 1.165) is 18.7 Å². The van der Waals surface area contributed by atoms with E-state index in [1.54, 1.807) is 12.1 Å². The van der Waals surface area contributed by atoms with Crippen LogP contribution in [0.2, 0.25) is 0 Å². The van der Waals surface area contributed by atoms with Gasteiger partial charge >= 0.3 is 0 Å². The predicted molar refractivity (Wildman–Crippen MR) is 104 cm³/mol. The fraction of sp³-hybridized carbons (Fsp3) is 0.318. The number of nitrogens with zero attached hydrogens (tertiary/aromatic N) is 1. The SMILES string of the molecule is C=Cc1cc(F)cc(C(=O)N2CCOCC2CC2CNc3ccccc32)c1. The minimum Gasteiger partial charge on any atom is -0.384 e. The minimum absolute atomic E-state index is 0.0281. The van der Waals surface area contributed by atoms with Crippen LogP contribution in [-0.4, -0.2) is 43.2 Å². The molecule has 4 nitrogen and oxygen atoms in total. The quantitative estimate of drug-likeness (QED) is 0.892. The van der Waals surface area contributed by atoms with Crippen LogP contribution in [-0.2, 0) is 4.74 Å². The van der Waals surface area contributed by atoms with Crippen molar-refractivity contribution in [2.45, 2.75) is 18.4 Å². The predicted octanol–water partition coefficient (Wildman–Crippen LogP) is 3.91. The van der Waals surface area contributed by atoms with Gasteiger partial charge in [0, 0.05) is 30.3 Å². The van der Waals surface area contributed by atoms with Gasteiger partial charge in [-0.25, -0.2) is 4.39 Å². The molecule has 2 heterocycles. The Balaban J connectivity index is 1.55. The van der Waals surface area contributed by atoms with Crippen molar-refractivity contribution < 1.29 is 13.9 Å². The van der Waals surface area contributed by atoms with E-state index < -0.39 is 5.82 Å². The van der Waals surface area contributed by atoms with Gasteiger partial charge in [-0.05, 0) is 41.8 Å². The van der Waals surface area contributed by atoms with Gasteiger partial charge in [0.05, 0.1) is 19.3 Å². The topological polar surface area (TPSA) is 41.6 Å². The number of para-hydroxylation sites is 1. The molecule has 2 atom stereocenters. The van der Waals surface area contributed by atoms with Crippen molar-refractivity contribution in [3.8, 4) is 0 Å². The zero-order valence-corrected chi connectivity index (χ0v) is 15.2. The molecule has 2 aliphatic heterocycles. The average Bonchev–Trinajstić information content (AvgIpc) is 3.10. The number of nitrogens with one attached hydrogen (secondary N) is 1. The van der Waals surface area contributed by atoms with Crippen LogP contribution in [0, 0.1) is 5.82 Å². The fourth-order valence-corrected chi connectivity index (χ4v) is 4.03. The molecule has 0 aliphatic carbocycles. The Hall–Kier alpha value is -2.66. The number of carbonyl (C=O) groups excluding carboxylic acids is 1. The summed E-state index contributed by atoms with van der Waals surface area (Å²) in [5.41, 5.74) is 3.42. The maximum atomic E-state index is 13.9. The van der Waals surface area contributed by atoms with Crippen LogP contribution in [0.4, 0.5) is 10.1 Å². The smallest absolute Gasteiger partial charge is 0.254 e. The number of halogens is 1. The maximum Gasteiger partial charge on any atom is 0.254 e. The first-order chi connectivity index (χ1) is 13.2. The number of carbonyl (C=O) groups is 1. The third kappa shape index (κ3) is 3.60. The largest absolute Gasteiger partial charge is 0.384 e. The number of ether oxygens (including phenoxy) is 1. The van der Waals surface area contributed by atoms with E-state index >= 15 is 0 Å². The molecule has 140 valence electrons. The number of fused-ring (bicyclic) bond motifs is 1. The summed E-state index contributed by atoms with van der Waals surface area (Å²) in [5.74, 6) is -0.237. The number of hydrogen-bond acceptors (Lipinski definition) is 3. The molecule has 2 unspecified atom stereocenters. The number of amides is 1. The Morgan fingerprint density at radius 2 is 2.19 bits per heavy atom. The van der Waals surface area contributed by atoms with E-state index in [4.69, 9.17) is 4.74 Å². The van der Waals surface area contributed by atoms with Crippen LogP contribution < -0.4 is 5.32 Å². The molecule has 1 N–H and O–H groups in total. The standard InChI is InChI=1S/C22H23FN2O2/c1-2-15-9-16(11-18(23)10-15)22(26)25-7-8-27-14-19(25)12-17-13-24-21-6-4-3-5-20(17)21/h2-6,9-11,17,19,24H,1,7-8,12-14H2. The number of morpholine rings is 1. The maximum absolute atomic E-state index is 13.9. The molecule has 2 aromatic rings. The number of benzene rings is 2. The lowest BCUT2D eigenvalue weighted by Crippen LogP contribution is -2.49. The molecule has 1 saturated heterocycles. The summed E-state index contributed by atoms with van der Waals surface area (Å²) in [6, 6.07) is 12.6. The van der Waals surface area contributed by atoms with Gasteiger partial charge < -0.3 is 15.0 Å². The summed E-state index contributed by atoms with van der Waals surface area (Å²) >= 11 is 0. The molecule has 2 aromatic carbocycles. The van der Waals surface area contributed by atoms with Crippen LogP contribution >= 0.6 is 0 Å². The Bertz CT molecular complexity index is 867. The molecule has 2 aliphatic rings. The van der Waals surface area contributed by atoms with E-state index in [1.165, 1.54) is 17.7 Å². The molecule has 5 heteroatoms. The lowest BCUT2D eigenvalue weighted by atomic mass is 9.92. The van der Waals surface area contributed by atoms with Crippen LogP contribution in [0.3, 0.4) is 0 Å². The van der Waals surface area contributed by atoms with Crippen LogP contribution in [0.15, 0.2) is 49.0 Å². The van der Waals surface area contributed by atoms with E-state index in [-0.39, 0.29) is 11.9 Å².